The topological polar surface area (TPSA) is 58.6 Å². The molecule has 0 spiro atoms. The molecule has 5 nitrogen and oxygen atoms in total. The monoisotopic (exact) mass is 224 g/mol. The van der Waals surface area contributed by atoms with Gasteiger partial charge in [-0.2, -0.15) is 0 Å². The van der Waals surface area contributed by atoms with Gasteiger partial charge in [0.15, 0.2) is 0 Å². The highest BCUT2D eigenvalue weighted by atomic mass is 16.6. The van der Waals surface area contributed by atoms with Crippen molar-refractivity contribution >= 4 is 12.0 Å². The van der Waals surface area contributed by atoms with E-state index in [0.717, 1.165) is 18.5 Å². The van der Waals surface area contributed by atoms with Gasteiger partial charge < -0.3 is 15.0 Å². The fourth-order valence-electron chi connectivity index (χ4n) is 2.08. The first-order chi connectivity index (χ1) is 7.70. The second-order valence-corrected chi connectivity index (χ2v) is 4.00. The lowest BCUT2D eigenvalue weighted by molar-refractivity contribution is -0.120. The Balaban J connectivity index is 2.01. The third kappa shape index (κ3) is 2.18. The van der Waals surface area contributed by atoms with E-state index in [4.69, 9.17) is 4.74 Å². The van der Waals surface area contributed by atoms with Gasteiger partial charge in [0, 0.05) is 31.6 Å². The summed E-state index contributed by atoms with van der Waals surface area (Å²) in [4.78, 5) is 24.4. The summed E-state index contributed by atoms with van der Waals surface area (Å²) in [6.45, 7) is 3.41. The van der Waals surface area contributed by atoms with Crippen LogP contribution in [0.15, 0.2) is 11.3 Å². The molecule has 0 fully saturated rings. The molecule has 2 rings (SSSR count). The first kappa shape index (κ1) is 11.0. The number of hydrogen-bond donors (Lipinski definition) is 1. The Morgan fingerprint density at radius 3 is 3.00 bits per heavy atom. The Hall–Kier alpha value is -1.52. The predicted octanol–water partition coefficient (Wildman–Crippen LogP) is 1.01. The van der Waals surface area contributed by atoms with Crippen molar-refractivity contribution in [3.63, 3.8) is 0 Å². The fraction of sp³-hybridized carbons (Fsp3) is 0.636. The summed E-state index contributed by atoms with van der Waals surface area (Å²) < 4.78 is 4.96. The molecule has 0 radical (unpaired) electrons. The van der Waals surface area contributed by atoms with Crippen LogP contribution in [0.3, 0.4) is 0 Å². The van der Waals surface area contributed by atoms with Crippen molar-refractivity contribution in [3.8, 4) is 0 Å². The van der Waals surface area contributed by atoms with Crippen LogP contribution in [0.4, 0.5) is 4.79 Å². The van der Waals surface area contributed by atoms with Crippen LogP contribution in [-0.2, 0) is 9.53 Å². The highest BCUT2D eigenvalue weighted by Crippen LogP contribution is 2.23. The van der Waals surface area contributed by atoms with Crippen LogP contribution in [0.25, 0.3) is 0 Å². The van der Waals surface area contributed by atoms with E-state index in [1.165, 1.54) is 5.57 Å². The zero-order valence-electron chi connectivity index (χ0n) is 9.41. The molecule has 0 aliphatic carbocycles. The van der Waals surface area contributed by atoms with E-state index in [1.807, 2.05) is 0 Å². The Morgan fingerprint density at radius 1 is 1.44 bits per heavy atom. The van der Waals surface area contributed by atoms with Crippen molar-refractivity contribution in [3.05, 3.63) is 11.3 Å². The third-order valence-electron chi connectivity index (χ3n) is 2.91. The molecule has 16 heavy (non-hydrogen) atoms. The second kappa shape index (κ2) is 4.55. The van der Waals surface area contributed by atoms with Gasteiger partial charge in [0.1, 0.15) is 0 Å². The minimum absolute atomic E-state index is 0.0864. The summed E-state index contributed by atoms with van der Waals surface area (Å²) in [5.74, 6) is 0.0864. The SMILES string of the molecule is CCOC(=O)N1CCC2=C(CCC(=O)N2)C1. The van der Waals surface area contributed by atoms with Gasteiger partial charge in [0.05, 0.1) is 6.61 Å². The zero-order valence-corrected chi connectivity index (χ0v) is 9.41. The van der Waals surface area contributed by atoms with Crippen LogP contribution >= 0.6 is 0 Å². The van der Waals surface area contributed by atoms with E-state index in [9.17, 15) is 9.59 Å². The summed E-state index contributed by atoms with van der Waals surface area (Å²) in [5, 5.41) is 2.87. The lowest BCUT2D eigenvalue weighted by atomic mass is 9.98. The Labute approximate surface area is 94.4 Å². The van der Waals surface area contributed by atoms with E-state index in [-0.39, 0.29) is 12.0 Å². The first-order valence-corrected chi connectivity index (χ1v) is 5.63. The van der Waals surface area contributed by atoms with E-state index < -0.39 is 0 Å². The number of ether oxygens (including phenoxy) is 1. The molecule has 0 saturated carbocycles. The second-order valence-electron chi connectivity index (χ2n) is 4.00. The lowest BCUT2D eigenvalue weighted by Gasteiger charge is -2.32. The van der Waals surface area contributed by atoms with E-state index >= 15 is 0 Å². The van der Waals surface area contributed by atoms with Crippen molar-refractivity contribution in [2.75, 3.05) is 19.7 Å². The van der Waals surface area contributed by atoms with E-state index in [0.29, 0.717) is 26.1 Å². The number of nitrogens with zero attached hydrogens (tertiary/aromatic N) is 1. The molecule has 2 aliphatic rings. The molecule has 0 bridgehead atoms. The van der Waals surface area contributed by atoms with Crippen LogP contribution in [0.1, 0.15) is 26.2 Å². The van der Waals surface area contributed by atoms with Crippen molar-refractivity contribution in [2.24, 2.45) is 0 Å². The largest absolute Gasteiger partial charge is 0.450 e. The van der Waals surface area contributed by atoms with Crippen molar-refractivity contribution < 1.29 is 14.3 Å². The zero-order chi connectivity index (χ0) is 11.5. The molecule has 0 unspecified atom stereocenters. The molecule has 2 heterocycles. The number of carbonyl (C=O) groups is 2. The Kier molecular flexibility index (Phi) is 3.12. The molecule has 0 atom stereocenters. The molecule has 0 aromatic carbocycles. The maximum absolute atomic E-state index is 11.5. The van der Waals surface area contributed by atoms with Gasteiger partial charge in [-0.3, -0.25) is 4.79 Å². The Morgan fingerprint density at radius 2 is 2.25 bits per heavy atom. The van der Waals surface area contributed by atoms with Gasteiger partial charge in [-0.1, -0.05) is 0 Å². The molecule has 0 aromatic heterocycles. The number of nitrogens with one attached hydrogen (secondary N) is 1. The van der Waals surface area contributed by atoms with Gasteiger partial charge in [0.2, 0.25) is 5.91 Å². The first-order valence-electron chi connectivity index (χ1n) is 5.63. The predicted molar refractivity (Wildman–Crippen MR) is 57.6 cm³/mol. The van der Waals surface area contributed by atoms with Gasteiger partial charge in [-0.05, 0) is 18.9 Å². The summed E-state index contributed by atoms with van der Waals surface area (Å²) in [6.07, 6.45) is 1.75. The molecule has 2 aliphatic heterocycles. The van der Waals surface area contributed by atoms with Crippen LogP contribution in [0.2, 0.25) is 0 Å². The quantitative estimate of drug-likeness (QED) is 0.723. The van der Waals surface area contributed by atoms with Crippen LogP contribution in [-0.4, -0.2) is 36.6 Å². The maximum atomic E-state index is 11.5. The van der Waals surface area contributed by atoms with Crippen molar-refractivity contribution in [1.29, 1.82) is 0 Å². The number of rotatable bonds is 1. The molecule has 0 saturated heterocycles. The number of hydrogen-bond acceptors (Lipinski definition) is 3. The number of carbonyl (C=O) groups excluding carboxylic acids is 2. The molecular weight excluding hydrogens is 208 g/mol. The Bertz CT molecular complexity index is 349. The van der Waals surface area contributed by atoms with Gasteiger partial charge in [0.25, 0.3) is 0 Å². The average molecular weight is 224 g/mol. The minimum Gasteiger partial charge on any atom is -0.450 e. The van der Waals surface area contributed by atoms with E-state index in [1.54, 1.807) is 11.8 Å². The molecule has 5 heteroatoms. The summed E-state index contributed by atoms with van der Waals surface area (Å²) >= 11 is 0. The van der Waals surface area contributed by atoms with Gasteiger partial charge >= 0.3 is 6.09 Å². The van der Waals surface area contributed by atoms with Crippen molar-refractivity contribution in [2.45, 2.75) is 26.2 Å². The standard InChI is InChI=1S/C11H16N2O3/c1-2-16-11(15)13-6-5-9-8(7-13)3-4-10(14)12-9/h2-7H2,1H3,(H,12,14). The minimum atomic E-state index is -0.258. The molecule has 88 valence electrons. The summed E-state index contributed by atoms with van der Waals surface area (Å²) in [6, 6.07) is 0. The van der Waals surface area contributed by atoms with Crippen LogP contribution in [0, 0.1) is 0 Å². The molecule has 2 amide bonds. The fourth-order valence-corrected chi connectivity index (χ4v) is 2.08. The summed E-state index contributed by atoms with van der Waals surface area (Å²) in [7, 11) is 0. The molecular formula is C11H16N2O3. The smallest absolute Gasteiger partial charge is 0.410 e. The molecule has 0 aromatic rings. The van der Waals surface area contributed by atoms with Crippen molar-refractivity contribution in [1.82, 2.24) is 10.2 Å². The van der Waals surface area contributed by atoms with Crippen LogP contribution < -0.4 is 5.32 Å². The number of amides is 2. The average Bonchev–Trinajstić information content (AvgIpc) is 2.28. The van der Waals surface area contributed by atoms with E-state index in [2.05, 4.69) is 5.32 Å². The highest BCUT2D eigenvalue weighted by Gasteiger charge is 2.27. The van der Waals surface area contributed by atoms with Gasteiger partial charge in [-0.15, -0.1) is 0 Å². The molecule has 1 N–H and O–H groups in total. The van der Waals surface area contributed by atoms with Crippen LogP contribution in [0.5, 0.6) is 0 Å². The highest BCUT2D eigenvalue weighted by molar-refractivity contribution is 5.80. The van der Waals surface area contributed by atoms with Gasteiger partial charge in [-0.25, -0.2) is 4.79 Å². The third-order valence-corrected chi connectivity index (χ3v) is 2.91. The maximum Gasteiger partial charge on any atom is 0.410 e. The summed E-state index contributed by atoms with van der Waals surface area (Å²) in [5.41, 5.74) is 2.18. The normalized spacial score (nSPS) is 20.3. The lowest BCUT2D eigenvalue weighted by Crippen LogP contribution is -2.42.